The highest BCUT2D eigenvalue weighted by Crippen LogP contribution is 2.23. The van der Waals surface area contributed by atoms with Crippen LogP contribution < -0.4 is 5.32 Å². The van der Waals surface area contributed by atoms with E-state index in [9.17, 15) is 9.59 Å². The molecule has 2 rings (SSSR count). The molecule has 1 heterocycles. The van der Waals surface area contributed by atoms with Crippen molar-refractivity contribution < 1.29 is 14.3 Å². The Bertz CT molecular complexity index is 670. The number of anilines is 1. The Balaban J connectivity index is 2.01. The van der Waals surface area contributed by atoms with Gasteiger partial charge in [0, 0.05) is 10.9 Å². The van der Waals surface area contributed by atoms with Crippen LogP contribution in [0.5, 0.6) is 0 Å². The van der Waals surface area contributed by atoms with E-state index >= 15 is 0 Å². The molecule has 0 saturated carbocycles. The molecule has 5 nitrogen and oxygen atoms in total. The average molecular weight is 332 g/mol. The Morgan fingerprint density at radius 1 is 1.26 bits per heavy atom. The molecule has 1 atom stereocenters. The number of nitrogens with zero attached hydrogens (tertiary/aromatic N) is 1. The van der Waals surface area contributed by atoms with E-state index in [2.05, 4.69) is 18.3 Å². The van der Waals surface area contributed by atoms with Crippen LogP contribution >= 0.6 is 11.3 Å². The van der Waals surface area contributed by atoms with E-state index < -0.39 is 5.97 Å². The number of benzene rings is 1. The van der Waals surface area contributed by atoms with Crippen LogP contribution in [0.4, 0.5) is 5.69 Å². The topological polar surface area (TPSA) is 58.6 Å². The van der Waals surface area contributed by atoms with Gasteiger partial charge in [0.05, 0.1) is 24.9 Å². The van der Waals surface area contributed by atoms with E-state index in [1.54, 1.807) is 35.6 Å². The number of hydrogen-bond donors (Lipinski definition) is 1. The summed E-state index contributed by atoms with van der Waals surface area (Å²) >= 11 is 1.67. The molecule has 0 aliphatic heterocycles. The molecule has 1 aromatic carbocycles. The van der Waals surface area contributed by atoms with E-state index in [0.717, 1.165) is 0 Å². The van der Waals surface area contributed by atoms with Crippen molar-refractivity contribution in [2.45, 2.75) is 13.0 Å². The fourth-order valence-electron chi connectivity index (χ4n) is 2.18. The lowest BCUT2D eigenvalue weighted by molar-refractivity contribution is -0.117. The number of thiophene rings is 1. The first-order chi connectivity index (χ1) is 11.0. The first-order valence-electron chi connectivity index (χ1n) is 7.23. The van der Waals surface area contributed by atoms with Crippen molar-refractivity contribution >= 4 is 28.9 Å². The molecule has 1 amide bonds. The monoisotopic (exact) mass is 332 g/mol. The van der Waals surface area contributed by atoms with Crippen molar-refractivity contribution in [1.82, 2.24) is 4.90 Å². The van der Waals surface area contributed by atoms with Gasteiger partial charge in [-0.3, -0.25) is 9.69 Å². The highest BCUT2D eigenvalue weighted by atomic mass is 32.1. The van der Waals surface area contributed by atoms with Crippen LogP contribution in [0.3, 0.4) is 0 Å². The number of para-hydroxylation sites is 1. The fraction of sp³-hybridized carbons (Fsp3) is 0.294. The van der Waals surface area contributed by atoms with Crippen LogP contribution in [-0.4, -0.2) is 37.5 Å². The third-order valence-electron chi connectivity index (χ3n) is 3.62. The predicted molar refractivity (Wildman–Crippen MR) is 91.8 cm³/mol. The van der Waals surface area contributed by atoms with Crippen LogP contribution in [0.15, 0.2) is 41.8 Å². The summed E-state index contributed by atoms with van der Waals surface area (Å²) in [4.78, 5) is 27.1. The zero-order valence-corrected chi connectivity index (χ0v) is 14.2. The maximum absolute atomic E-state index is 12.3. The lowest BCUT2D eigenvalue weighted by Crippen LogP contribution is -2.32. The van der Waals surface area contributed by atoms with Gasteiger partial charge < -0.3 is 10.1 Å². The second-order valence-corrected chi connectivity index (χ2v) is 6.17. The summed E-state index contributed by atoms with van der Waals surface area (Å²) in [6, 6.07) is 11.0. The fourth-order valence-corrected chi connectivity index (χ4v) is 3.03. The second kappa shape index (κ2) is 7.89. The molecule has 0 unspecified atom stereocenters. The van der Waals surface area contributed by atoms with Gasteiger partial charge in [0.25, 0.3) is 0 Å². The summed E-state index contributed by atoms with van der Waals surface area (Å²) in [6.45, 7) is 2.29. The normalized spacial score (nSPS) is 12.0. The van der Waals surface area contributed by atoms with E-state index in [1.165, 1.54) is 12.0 Å². The molecule has 0 aliphatic carbocycles. The lowest BCUT2D eigenvalue weighted by Gasteiger charge is -2.23. The number of rotatable bonds is 6. The average Bonchev–Trinajstić information content (AvgIpc) is 3.08. The van der Waals surface area contributed by atoms with E-state index in [-0.39, 0.29) is 18.5 Å². The summed E-state index contributed by atoms with van der Waals surface area (Å²) in [6.07, 6.45) is 0. The smallest absolute Gasteiger partial charge is 0.339 e. The molecule has 122 valence electrons. The number of amides is 1. The van der Waals surface area contributed by atoms with Gasteiger partial charge in [-0.25, -0.2) is 4.79 Å². The molecule has 23 heavy (non-hydrogen) atoms. The quantitative estimate of drug-likeness (QED) is 0.826. The molecule has 0 radical (unpaired) electrons. The van der Waals surface area contributed by atoms with E-state index in [1.807, 2.05) is 23.4 Å². The number of hydrogen-bond acceptors (Lipinski definition) is 5. The number of carbonyl (C=O) groups excluding carboxylic acids is 2. The van der Waals surface area contributed by atoms with Crippen LogP contribution in [-0.2, 0) is 9.53 Å². The molecular weight excluding hydrogens is 312 g/mol. The van der Waals surface area contributed by atoms with Crippen LogP contribution in [0, 0.1) is 0 Å². The van der Waals surface area contributed by atoms with Gasteiger partial charge in [0.15, 0.2) is 0 Å². The SMILES string of the molecule is COC(=O)c1ccccc1NC(=O)CN(C)[C@@H](C)c1cccs1. The first-order valence-corrected chi connectivity index (χ1v) is 8.11. The number of methoxy groups -OCH3 is 1. The van der Waals surface area contributed by atoms with Crippen LogP contribution in [0.2, 0.25) is 0 Å². The van der Waals surface area contributed by atoms with Crippen molar-refractivity contribution in [3.8, 4) is 0 Å². The Morgan fingerprint density at radius 2 is 2.00 bits per heavy atom. The minimum absolute atomic E-state index is 0.150. The highest BCUT2D eigenvalue weighted by molar-refractivity contribution is 7.10. The summed E-state index contributed by atoms with van der Waals surface area (Å²) < 4.78 is 4.73. The van der Waals surface area contributed by atoms with Crippen LogP contribution in [0.25, 0.3) is 0 Å². The van der Waals surface area contributed by atoms with Crippen molar-refractivity contribution in [3.05, 3.63) is 52.2 Å². The number of ether oxygens (including phenoxy) is 1. The molecular formula is C17H20N2O3S. The maximum atomic E-state index is 12.3. The van der Waals surface area contributed by atoms with Gasteiger partial charge in [0.2, 0.25) is 5.91 Å². The minimum Gasteiger partial charge on any atom is -0.465 e. The summed E-state index contributed by atoms with van der Waals surface area (Å²) in [7, 11) is 3.22. The van der Waals surface area contributed by atoms with Crippen molar-refractivity contribution in [1.29, 1.82) is 0 Å². The number of nitrogens with one attached hydrogen (secondary N) is 1. The number of esters is 1. The highest BCUT2D eigenvalue weighted by Gasteiger charge is 2.17. The van der Waals surface area contributed by atoms with Gasteiger partial charge in [-0.1, -0.05) is 18.2 Å². The summed E-state index contributed by atoms with van der Waals surface area (Å²) in [5.74, 6) is -0.645. The molecule has 0 bridgehead atoms. The molecule has 1 aromatic heterocycles. The minimum atomic E-state index is -0.471. The van der Waals surface area contributed by atoms with Gasteiger partial charge in [0.1, 0.15) is 0 Å². The Morgan fingerprint density at radius 3 is 2.65 bits per heavy atom. The summed E-state index contributed by atoms with van der Waals surface area (Å²) in [5, 5.41) is 4.80. The van der Waals surface area contributed by atoms with Crippen molar-refractivity contribution in [2.75, 3.05) is 26.0 Å². The maximum Gasteiger partial charge on any atom is 0.339 e. The lowest BCUT2D eigenvalue weighted by atomic mass is 10.1. The molecule has 2 aromatic rings. The van der Waals surface area contributed by atoms with Gasteiger partial charge in [-0.2, -0.15) is 0 Å². The van der Waals surface area contributed by atoms with Crippen LogP contribution in [0.1, 0.15) is 28.2 Å². The number of carbonyl (C=O) groups is 2. The molecule has 6 heteroatoms. The molecule has 1 N–H and O–H groups in total. The van der Waals surface area contributed by atoms with Gasteiger partial charge >= 0.3 is 5.97 Å². The summed E-state index contributed by atoms with van der Waals surface area (Å²) in [5.41, 5.74) is 0.804. The Hall–Kier alpha value is -2.18. The van der Waals surface area contributed by atoms with Crippen molar-refractivity contribution in [2.24, 2.45) is 0 Å². The molecule has 0 fully saturated rings. The predicted octanol–water partition coefficient (Wildman–Crippen LogP) is 3.17. The van der Waals surface area contributed by atoms with Gasteiger partial charge in [-0.05, 0) is 37.6 Å². The third kappa shape index (κ3) is 4.40. The Labute approximate surface area is 139 Å². The Kier molecular flexibility index (Phi) is 5.90. The van der Waals surface area contributed by atoms with Crippen molar-refractivity contribution in [3.63, 3.8) is 0 Å². The number of likely N-dealkylation sites (N-methyl/N-ethyl adjacent to an activating group) is 1. The largest absolute Gasteiger partial charge is 0.465 e. The third-order valence-corrected chi connectivity index (χ3v) is 4.66. The van der Waals surface area contributed by atoms with E-state index in [0.29, 0.717) is 11.3 Å². The molecule has 0 spiro atoms. The molecule has 0 aliphatic rings. The standard InChI is InChI=1S/C17H20N2O3S/c1-12(15-9-6-10-23-15)19(2)11-16(20)18-14-8-5-4-7-13(14)17(21)22-3/h4-10,12H,11H2,1-3H3,(H,18,20)/t12-/m0/s1. The molecule has 0 saturated heterocycles. The zero-order valence-electron chi connectivity index (χ0n) is 13.4. The van der Waals surface area contributed by atoms with Gasteiger partial charge in [-0.15, -0.1) is 11.3 Å². The first kappa shape index (κ1) is 17.2. The second-order valence-electron chi connectivity index (χ2n) is 5.19. The zero-order chi connectivity index (χ0) is 16.8. The van der Waals surface area contributed by atoms with E-state index in [4.69, 9.17) is 4.74 Å².